The Bertz CT molecular complexity index is 832. The molecule has 1 aromatic carbocycles. The Balaban J connectivity index is 1.42. The van der Waals surface area contributed by atoms with Crippen LogP contribution in [0.15, 0.2) is 30.4 Å². The fraction of sp³-hybridized carbons (Fsp3) is 0.389. The zero-order valence-electron chi connectivity index (χ0n) is 13.0. The van der Waals surface area contributed by atoms with Gasteiger partial charge >= 0.3 is 0 Å². The van der Waals surface area contributed by atoms with Crippen LogP contribution in [0.1, 0.15) is 16.8 Å². The Morgan fingerprint density at radius 3 is 2.20 bits per heavy atom. The third kappa shape index (κ3) is 2.06. The largest absolute Gasteiger partial charge is 0.272 e. The van der Waals surface area contributed by atoms with Crippen LogP contribution in [0.5, 0.6) is 0 Å². The second-order valence-electron chi connectivity index (χ2n) is 7.23. The lowest BCUT2D eigenvalue weighted by Crippen LogP contribution is -2.47. The molecule has 25 heavy (non-hydrogen) atoms. The molecule has 1 aromatic rings. The Hall–Kier alpha value is -1.85. The van der Waals surface area contributed by atoms with Crippen molar-refractivity contribution in [1.82, 2.24) is 10.4 Å². The number of carbonyl (C=O) groups is 3. The Morgan fingerprint density at radius 1 is 1.04 bits per heavy atom. The molecule has 5 nitrogen and oxygen atoms in total. The number of amides is 3. The molecular formula is C18H14Cl2N2O3. The van der Waals surface area contributed by atoms with Crippen molar-refractivity contribution in [2.45, 2.75) is 6.42 Å². The van der Waals surface area contributed by atoms with Crippen molar-refractivity contribution in [1.29, 1.82) is 0 Å². The van der Waals surface area contributed by atoms with Gasteiger partial charge in [0.1, 0.15) is 0 Å². The van der Waals surface area contributed by atoms with Crippen LogP contribution in [0.25, 0.3) is 0 Å². The molecule has 3 amide bonds. The molecule has 5 aliphatic rings. The van der Waals surface area contributed by atoms with E-state index in [9.17, 15) is 14.4 Å². The number of hydrogen-bond donors (Lipinski definition) is 1. The van der Waals surface area contributed by atoms with Crippen molar-refractivity contribution < 1.29 is 14.4 Å². The Labute approximate surface area is 153 Å². The summed E-state index contributed by atoms with van der Waals surface area (Å²) in [4.78, 5) is 38.1. The van der Waals surface area contributed by atoms with E-state index in [0.29, 0.717) is 16.9 Å². The first-order valence-corrected chi connectivity index (χ1v) is 9.05. The van der Waals surface area contributed by atoms with Crippen molar-refractivity contribution in [3.05, 3.63) is 46.0 Å². The van der Waals surface area contributed by atoms with E-state index in [1.54, 1.807) is 0 Å². The van der Waals surface area contributed by atoms with Gasteiger partial charge in [-0.1, -0.05) is 35.4 Å². The highest BCUT2D eigenvalue weighted by Crippen LogP contribution is 2.65. The third-order valence-electron chi connectivity index (χ3n) is 6.05. The summed E-state index contributed by atoms with van der Waals surface area (Å²) < 4.78 is 0. The lowest BCUT2D eigenvalue weighted by molar-refractivity contribution is -0.143. The molecular weight excluding hydrogens is 363 g/mol. The maximum absolute atomic E-state index is 12.8. The van der Waals surface area contributed by atoms with Gasteiger partial charge in [-0.2, -0.15) is 5.01 Å². The van der Waals surface area contributed by atoms with Crippen LogP contribution in [0.2, 0.25) is 10.0 Å². The van der Waals surface area contributed by atoms with Crippen molar-refractivity contribution in [2.75, 3.05) is 0 Å². The van der Waals surface area contributed by atoms with E-state index in [1.165, 1.54) is 18.2 Å². The number of halogens is 2. The van der Waals surface area contributed by atoms with E-state index >= 15 is 0 Å². The van der Waals surface area contributed by atoms with Gasteiger partial charge in [-0.15, -0.1) is 0 Å². The van der Waals surface area contributed by atoms with Crippen LogP contribution in [-0.2, 0) is 9.59 Å². The molecule has 1 N–H and O–H groups in total. The molecule has 1 aliphatic heterocycles. The van der Waals surface area contributed by atoms with E-state index in [1.807, 2.05) is 0 Å². The van der Waals surface area contributed by atoms with Gasteiger partial charge in [0.05, 0.1) is 22.4 Å². The second-order valence-corrected chi connectivity index (χ2v) is 8.08. The minimum Gasteiger partial charge on any atom is -0.272 e. The van der Waals surface area contributed by atoms with Gasteiger partial charge in [0.15, 0.2) is 0 Å². The number of benzene rings is 1. The predicted molar refractivity (Wildman–Crippen MR) is 90.5 cm³/mol. The maximum atomic E-state index is 12.8. The molecule has 2 bridgehead atoms. The minimum absolute atomic E-state index is 0.123. The molecule has 0 aromatic heterocycles. The molecule has 3 fully saturated rings. The van der Waals surface area contributed by atoms with Gasteiger partial charge in [0.2, 0.25) is 0 Å². The normalized spacial score (nSPS) is 37.1. The minimum atomic E-state index is -0.590. The van der Waals surface area contributed by atoms with E-state index in [0.717, 1.165) is 11.4 Å². The number of allylic oxidation sites excluding steroid dienone is 2. The smallest absolute Gasteiger partial charge is 0.271 e. The van der Waals surface area contributed by atoms with E-state index in [4.69, 9.17) is 23.2 Å². The standard InChI is InChI=1S/C18H14Cl2N2O3/c19-7-1-2-10(13(20)5-7)16(23)21-22-17(24)14-8-3-4-9(12-6-11(8)12)15(14)18(22)25/h1-5,8-9,11-12,14-15H,6H2,(H,21,23)/t8-,9-,11-,12+,14-,15+/m0/s1. The highest BCUT2D eigenvalue weighted by Gasteiger charge is 2.67. The van der Waals surface area contributed by atoms with Crippen LogP contribution in [0, 0.1) is 35.5 Å². The van der Waals surface area contributed by atoms with Crippen LogP contribution in [0.4, 0.5) is 0 Å². The number of imide groups is 1. The number of carbonyl (C=O) groups excluding carboxylic acids is 3. The summed E-state index contributed by atoms with van der Waals surface area (Å²) in [6, 6.07) is 4.45. The summed E-state index contributed by atoms with van der Waals surface area (Å²) in [5.74, 6) is -0.595. The molecule has 0 unspecified atom stereocenters. The van der Waals surface area contributed by atoms with Crippen LogP contribution < -0.4 is 5.43 Å². The quantitative estimate of drug-likeness (QED) is 0.637. The molecule has 6 atom stereocenters. The Morgan fingerprint density at radius 2 is 1.64 bits per heavy atom. The number of hydrogen-bond acceptors (Lipinski definition) is 3. The lowest BCUT2D eigenvalue weighted by Gasteiger charge is -2.37. The highest BCUT2D eigenvalue weighted by atomic mass is 35.5. The number of hydrazine groups is 1. The summed E-state index contributed by atoms with van der Waals surface area (Å²) in [6.45, 7) is 0. The van der Waals surface area contributed by atoms with Crippen LogP contribution in [-0.4, -0.2) is 22.7 Å². The number of rotatable bonds is 2. The SMILES string of the molecule is O=C(NN1C(=O)[C@@H]2[C@H]3C=C[C@@H]([C@@H]4C[C@H]34)[C@@H]2C1=O)c1ccc(Cl)cc1Cl. The van der Waals surface area contributed by atoms with Crippen molar-refractivity contribution in [3.63, 3.8) is 0 Å². The molecule has 6 rings (SSSR count). The number of nitrogens with zero attached hydrogens (tertiary/aromatic N) is 1. The molecule has 128 valence electrons. The first-order valence-electron chi connectivity index (χ1n) is 8.29. The van der Waals surface area contributed by atoms with Crippen molar-refractivity contribution >= 4 is 40.9 Å². The number of nitrogens with one attached hydrogen (secondary N) is 1. The molecule has 4 aliphatic carbocycles. The zero-order chi connectivity index (χ0) is 17.5. The predicted octanol–water partition coefficient (Wildman–Crippen LogP) is 2.69. The highest BCUT2D eigenvalue weighted by molar-refractivity contribution is 6.36. The van der Waals surface area contributed by atoms with E-state index in [-0.39, 0.29) is 46.1 Å². The van der Waals surface area contributed by atoms with Gasteiger partial charge in [-0.3, -0.25) is 19.8 Å². The van der Waals surface area contributed by atoms with E-state index < -0.39 is 5.91 Å². The van der Waals surface area contributed by atoms with Crippen LogP contribution >= 0.6 is 23.2 Å². The average Bonchev–Trinajstić information content (AvgIpc) is 3.36. The lowest BCUT2D eigenvalue weighted by atomic mass is 9.63. The summed E-state index contributed by atoms with van der Waals surface area (Å²) >= 11 is 11.9. The fourth-order valence-electron chi connectivity index (χ4n) is 4.90. The molecule has 1 saturated heterocycles. The summed E-state index contributed by atoms with van der Waals surface area (Å²) in [6.07, 6.45) is 5.28. The third-order valence-corrected chi connectivity index (χ3v) is 6.60. The summed E-state index contributed by atoms with van der Waals surface area (Å²) in [7, 11) is 0. The van der Waals surface area contributed by atoms with Gasteiger partial charge in [-0.05, 0) is 48.3 Å². The molecule has 7 heteroatoms. The van der Waals surface area contributed by atoms with Crippen LogP contribution in [0.3, 0.4) is 0 Å². The van der Waals surface area contributed by atoms with Crippen molar-refractivity contribution in [3.8, 4) is 0 Å². The second kappa shape index (κ2) is 5.08. The average molecular weight is 377 g/mol. The molecule has 0 spiro atoms. The zero-order valence-corrected chi connectivity index (χ0v) is 14.5. The summed E-state index contributed by atoms with van der Waals surface area (Å²) in [5.41, 5.74) is 2.62. The Kier molecular flexibility index (Phi) is 3.13. The first-order chi connectivity index (χ1) is 12.0. The van der Waals surface area contributed by atoms with Gasteiger partial charge in [0.25, 0.3) is 17.7 Å². The van der Waals surface area contributed by atoms with Gasteiger partial charge < -0.3 is 0 Å². The molecule has 2 saturated carbocycles. The fourth-order valence-corrected chi connectivity index (χ4v) is 5.40. The van der Waals surface area contributed by atoms with Gasteiger partial charge in [-0.25, -0.2) is 0 Å². The first kappa shape index (κ1) is 15.4. The van der Waals surface area contributed by atoms with E-state index in [2.05, 4.69) is 17.6 Å². The topological polar surface area (TPSA) is 66.5 Å². The monoisotopic (exact) mass is 376 g/mol. The van der Waals surface area contributed by atoms with Gasteiger partial charge in [0, 0.05) is 5.02 Å². The summed E-state index contributed by atoms with van der Waals surface area (Å²) in [5, 5.41) is 1.48. The maximum Gasteiger partial charge on any atom is 0.271 e. The molecule has 0 radical (unpaired) electrons. The molecule has 1 heterocycles. The van der Waals surface area contributed by atoms with Crippen molar-refractivity contribution in [2.24, 2.45) is 35.5 Å².